The maximum atomic E-state index is 12.3. The van der Waals surface area contributed by atoms with E-state index in [0.29, 0.717) is 18.8 Å². The molecule has 0 bridgehead atoms. The van der Waals surface area contributed by atoms with Gasteiger partial charge in [0.1, 0.15) is 0 Å². The molecule has 0 atom stereocenters. The Balaban J connectivity index is 1.53. The molecule has 0 fully saturated rings. The van der Waals surface area contributed by atoms with Gasteiger partial charge in [-0.05, 0) is 30.8 Å². The van der Waals surface area contributed by atoms with E-state index in [2.05, 4.69) is 32.7 Å². The van der Waals surface area contributed by atoms with E-state index >= 15 is 0 Å². The van der Waals surface area contributed by atoms with E-state index < -0.39 is 0 Å². The molecule has 0 aliphatic carbocycles. The predicted octanol–water partition coefficient (Wildman–Crippen LogP) is 2.32. The minimum absolute atomic E-state index is 0.221. The number of carbonyl (C=O) groups is 1. The third-order valence-electron chi connectivity index (χ3n) is 3.93. The maximum absolute atomic E-state index is 12.3. The Morgan fingerprint density at radius 2 is 1.69 bits per heavy atom. The fourth-order valence-corrected chi connectivity index (χ4v) is 2.65. The summed E-state index contributed by atoms with van der Waals surface area (Å²) in [4.78, 5) is 14.4. The number of nitrogens with zero attached hydrogens (tertiary/aromatic N) is 4. The number of hydrogen-bond donors (Lipinski definition) is 1. The second-order valence-electron chi connectivity index (χ2n) is 6.52. The topological polar surface area (TPSA) is 63.1 Å². The molecule has 26 heavy (non-hydrogen) atoms. The quantitative estimate of drug-likeness (QED) is 0.711. The first kappa shape index (κ1) is 17.8. The second-order valence-corrected chi connectivity index (χ2v) is 6.52. The first-order valence-electron chi connectivity index (χ1n) is 8.55. The number of benzene rings is 2. The van der Waals surface area contributed by atoms with E-state index in [0.717, 1.165) is 17.7 Å². The lowest BCUT2D eigenvalue weighted by Crippen LogP contribution is -2.23. The largest absolute Gasteiger partial charge is 0.347 e. The molecule has 1 heterocycles. The van der Waals surface area contributed by atoms with Crippen LogP contribution in [0.5, 0.6) is 0 Å². The summed E-state index contributed by atoms with van der Waals surface area (Å²) in [5.74, 6) is -0.221. The molecule has 0 aliphatic rings. The molecule has 1 aromatic heterocycles. The molecular formula is C20H23N5O. The van der Waals surface area contributed by atoms with Crippen molar-refractivity contribution < 1.29 is 4.79 Å². The molecule has 3 aromatic rings. The molecule has 0 radical (unpaired) electrons. The van der Waals surface area contributed by atoms with E-state index in [1.165, 1.54) is 5.56 Å². The highest BCUT2D eigenvalue weighted by Gasteiger charge is 2.10. The fourth-order valence-electron chi connectivity index (χ4n) is 2.65. The molecule has 0 saturated carbocycles. The summed E-state index contributed by atoms with van der Waals surface area (Å²) in [5, 5.41) is 10.9. The molecule has 0 aliphatic heterocycles. The molecule has 1 N–H and O–H groups in total. The average molecular weight is 349 g/mol. The van der Waals surface area contributed by atoms with Crippen LogP contribution in [0, 0.1) is 0 Å². The third-order valence-corrected chi connectivity index (χ3v) is 3.93. The number of aromatic nitrogens is 3. The monoisotopic (exact) mass is 349 g/mol. The lowest BCUT2D eigenvalue weighted by Gasteiger charge is -2.10. The first-order chi connectivity index (χ1) is 12.6. The zero-order valence-corrected chi connectivity index (χ0v) is 15.1. The summed E-state index contributed by atoms with van der Waals surface area (Å²) >= 11 is 0. The van der Waals surface area contributed by atoms with Gasteiger partial charge in [-0.25, -0.2) is 4.68 Å². The molecule has 3 rings (SSSR count). The Morgan fingerprint density at radius 1 is 1.00 bits per heavy atom. The van der Waals surface area contributed by atoms with Crippen LogP contribution in [-0.2, 0) is 19.6 Å². The number of nitrogens with one attached hydrogen (secondary N) is 1. The Hall–Kier alpha value is -2.99. The van der Waals surface area contributed by atoms with Gasteiger partial charge in [-0.3, -0.25) is 4.79 Å². The van der Waals surface area contributed by atoms with Gasteiger partial charge in [-0.1, -0.05) is 59.8 Å². The van der Waals surface area contributed by atoms with Crippen LogP contribution in [0.1, 0.15) is 27.2 Å². The molecule has 0 saturated heterocycles. The number of rotatable bonds is 7. The minimum atomic E-state index is -0.221. The standard InChI is InChI=1S/C20H23N5O/c1-24(2)13-18-10-8-16(9-11-18)12-21-20(26)19-15-25(23-22-19)14-17-6-4-3-5-7-17/h3-11,15H,12-14H2,1-2H3,(H,21,26). The van der Waals surface area contributed by atoms with Crippen molar-refractivity contribution in [3.63, 3.8) is 0 Å². The molecule has 1 amide bonds. The zero-order chi connectivity index (χ0) is 18.4. The van der Waals surface area contributed by atoms with Crippen LogP contribution in [-0.4, -0.2) is 39.9 Å². The van der Waals surface area contributed by atoms with Gasteiger partial charge in [0.15, 0.2) is 5.69 Å². The minimum Gasteiger partial charge on any atom is -0.347 e. The van der Waals surface area contributed by atoms with Crippen LogP contribution >= 0.6 is 0 Å². The van der Waals surface area contributed by atoms with E-state index in [1.807, 2.05) is 56.6 Å². The molecular weight excluding hydrogens is 326 g/mol. The van der Waals surface area contributed by atoms with E-state index in [-0.39, 0.29) is 5.91 Å². The van der Waals surface area contributed by atoms with Crippen molar-refractivity contribution in [2.24, 2.45) is 0 Å². The van der Waals surface area contributed by atoms with Gasteiger partial charge in [0.25, 0.3) is 5.91 Å². The van der Waals surface area contributed by atoms with Crippen molar-refractivity contribution in [3.8, 4) is 0 Å². The molecule has 6 nitrogen and oxygen atoms in total. The molecule has 0 unspecified atom stereocenters. The van der Waals surface area contributed by atoms with E-state index in [1.54, 1.807) is 10.9 Å². The Kier molecular flexibility index (Phi) is 5.76. The number of amides is 1. The van der Waals surface area contributed by atoms with Gasteiger partial charge >= 0.3 is 0 Å². The normalized spacial score (nSPS) is 10.9. The van der Waals surface area contributed by atoms with Crippen molar-refractivity contribution in [1.29, 1.82) is 0 Å². The Morgan fingerprint density at radius 3 is 2.38 bits per heavy atom. The summed E-state index contributed by atoms with van der Waals surface area (Å²) in [5.41, 5.74) is 3.73. The van der Waals surface area contributed by atoms with Crippen molar-refractivity contribution in [3.05, 3.63) is 83.2 Å². The van der Waals surface area contributed by atoms with Crippen LogP contribution in [0.4, 0.5) is 0 Å². The Labute approximate surface area is 153 Å². The molecule has 2 aromatic carbocycles. The fraction of sp³-hybridized carbons (Fsp3) is 0.250. The van der Waals surface area contributed by atoms with Crippen molar-refractivity contribution in [2.45, 2.75) is 19.6 Å². The summed E-state index contributed by atoms with van der Waals surface area (Å²) in [7, 11) is 4.08. The lowest BCUT2D eigenvalue weighted by molar-refractivity contribution is 0.0946. The van der Waals surface area contributed by atoms with Gasteiger partial charge in [0, 0.05) is 13.1 Å². The number of hydrogen-bond acceptors (Lipinski definition) is 4. The molecule has 0 spiro atoms. The van der Waals surface area contributed by atoms with Gasteiger partial charge in [-0.2, -0.15) is 0 Å². The highest BCUT2D eigenvalue weighted by molar-refractivity contribution is 5.91. The van der Waals surface area contributed by atoms with Crippen LogP contribution in [0.2, 0.25) is 0 Å². The van der Waals surface area contributed by atoms with Gasteiger partial charge in [-0.15, -0.1) is 5.10 Å². The second kappa shape index (κ2) is 8.40. The maximum Gasteiger partial charge on any atom is 0.273 e. The van der Waals surface area contributed by atoms with Crippen LogP contribution in [0.15, 0.2) is 60.8 Å². The van der Waals surface area contributed by atoms with Crippen molar-refractivity contribution in [2.75, 3.05) is 14.1 Å². The molecule has 134 valence electrons. The lowest BCUT2D eigenvalue weighted by atomic mass is 10.1. The smallest absolute Gasteiger partial charge is 0.273 e. The highest BCUT2D eigenvalue weighted by atomic mass is 16.2. The van der Waals surface area contributed by atoms with Crippen molar-refractivity contribution in [1.82, 2.24) is 25.2 Å². The van der Waals surface area contributed by atoms with Gasteiger partial charge in [0.2, 0.25) is 0 Å². The zero-order valence-electron chi connectivity index (χ0n) is 15.1. The van der Waals surface area contributed by atoms with Crippen LogP contribution in [0.25, 0.3) is 0 Å². The summed E-state index contributed by atoms with van der Waals surface area (Å²) in [6, 6.07) is 18.2. The summed E-state index contributed by atoms with van der Waals surface area (Å²) < 4.78 is 1.67. The van der Waals surface area contributed by atoms with Crippen molar-refractivity contribution >= 4 is 5.91 Å². The SMILES string of the molecule is CN(C)Cc1ccc(CNC(=O)c2cn(Cc3ccccc3)nn2)cc1. The highest BCUT2D eigenvalue weighted by Crippen LogP contribution is 2.07. The first-order valence-corrected chi connectivity index (χ1v) is 8.55. The van der Waals surface area contributed by atoms with Crippen LogP contribution < -0.4 is 5.32 Å². The summed E-state index contributed by atoms with van der Waals surface area (Å²) in [6.45, 7) is 1.96. The van der Waals surface area contributed by atoms with Gasteiger partial charge in [0.05, 0.1) is 12.7 Å². The average Bonchev–Trinajstić information content (AvgIpc) is 3.10. The Bertz CT molecular complexity index is 840. The van der Waals surface area contributed by atoms with E-state index in [9.17, 15) is 4.79 Å². The third kappa shape index (κ3) is 5.00. The molecule has 6 heteroatoms. The van der Waals surface area contributed by atoms with E-state index in [4.69, 9.17) is 0 Å². The summed E-state index contributed by atoms with van der Waals surface area (Å²) in [6.07, 6.45) is 1.67. The van der Waals surface area contributed by atoms with Crippen LogP contribution in [0.3, 0.4) is 0 Å². The predicted molar refractivity (Wildman–Crippen MR) is 101 cm³/mol. The van der Waals surface area contributed by atoms with Gasteiger partial charge < -0.3 is 10.2 Å². The number of carbonyl (C=O) groups excluding carboxylic acids is 1.